The fraction of sp³-hybridized carbons (Fsp3) is 0. The van der Waals surface area contributed by atoms with Crippen molar-refractivity contribution in [3.8, 4) is 21.7 Å². The third kappa shape index (κ3) is 4.75. The monoisotopic (exact) mass is 498 g/mol. The number of carbonyl (C=O) groups is 1. The standard InChI is InChI=1S/C22H12ClFN4O5S/c23-17-10-5-14(11-18(17)28(32)33)21(29)26-22-25-19(12-1-6-15(24)7-2-12)20(34-22)13-3-8-16(9-4-13)27(30)31/h1-11H,(H,25,26,29). The highest BCUT2D eigenvalue weighted by Gasteiger charge is 2.20. The normalized spacial score (nSPS) is 10.6. The van der Waals surface area contributed by atoms with Gasteiger partial charge in [0.25, 0.3) is 17.3 Å². The molecule has 9 nitrogen and oxygen atoms in total. The number of nitrogens with zero attached hydrogens (tertiary/aromatic N) is 3. The summed E-state index contributed by atoms with van der Waals surface area (Å²) in [5.74, 6) is -1.08. The number of hydrogen-bond acceptors (Lipinski definition) is 7. The van der Waals surface area contributed by atoms with E-state index in [1.54, 1.807) is 12.1 Å². The third-order valence-corrected chi connectivity index (χ3v) is 6.05. The van der Waals surface area contributed by atoms with Gasteiger partial charge in [0.2, 0.25) is 0 Å². The molecule has 170 valence electrons. The lowest BCUT2D eigenvalue weighted by atomic mass is 10.1. The van der Waals surface area contributed by atoms with Crippen LogP contribution in [-0.2, 0) is 0 Å². The van der Waals surface area contributed by atoms with Crippen molar-refractivity contribution in [2.75, 3.05) is 5.32 Å². The Balaban J connectivity index is 1.72. The van der Waals surface area contributed by atoms with Gasteiger partial charge >= 0.3 is 0 Å². The lowest BCUT2D eigenvalue weighted by Crippen LogP contribution is -2.12. The van der Waals surface area contributed by atoms with Crippen LogP contribution in [0.5, 0.6) is 0 Å². The molecule has 1 aromatic heterocycles. The zero-order chi connectivity index (χ0) is 24.4. The number of rotatable bonds is 6. The van der Waals surface area contributed by atoms with Crippen LogP contribution in [-0.4, -0.2) is 20.7 Å². The summed E-state index contributed by atoms with van der Waals surface area (Å²) in [5, 5.41) is 24.8. The number of hydrogen-bond donors (Lipinski definition) is 1. The Bertz CT molecular complexity index is 1420. The van der Waals surface area contributed by atoms with E-state index in [1.165, 1.54) is 48.5 Å². The van der Waals surface area contributed by atoms with Gasteiger partial charge in [-0.2, -0.15) is 0 Å². The Morgan fingerprint density at radius 3 is 2.21 bits per heavy atom. The van der Waals surface area contributed by atoms with Gasteiger partial charge in [-0.1, -0.05) is 22.9 Å². The molecule has 0 unspecified atom stereocenters. The maximum atomic E-state index is 13.4. The molecule has 0 spiro atoms. The molecule has 1 amide bonds. The maximum absolute atomic E-state index is 13.4. The van der Waals surface area contributed by atoms with Crippen molar-refractivity contribution >= 4 is 45.4 Å². The van der Waals surface area contributed by atoms with Crippen molar-refractivity contribution in [3.05, 3.63) is 103 Å². The van der Waals surface area contributed by atoms with E-state index in [2.05, 4.69) is 10.3 Å². The molecule has 0 saturated carbocycles. The van der Waals surface area contributed by atoms with Crippen LogP contribution in [0.1, 0.15) is 10.4 Å². The van der Waals surface area contributed by atoms with E-state index >= 15 is 0 Å². The van der Waals surface area contributed by atoms with Crippen molar-refractivity contribution in [2.45, 2.75) is 0 Å². The number of thiazole rings is 1. The molecule has 0 aliphatic rings. The van der Waals surface area contributed by atoms with E-state index in [1.807, 2.05) is 0 Å². The Labute approximate surface area is 199 Å². The van der Waals surface area contributed by atoms with E-state index in [9.17, 15) is 29.4 Å². The highest BCUT2D eigenvalue weighted by Crippen LogP contribution is 2.40. The van der Waals surface area contributed by atoms with Crippen molar-refractivity contribution in [3.63, 3.8) is 0 Å². The number of aromatic nitrogens is 1. The molecule has 12 heteroatoms. The molecule has 0 aliphatic carbocycles. The fourth-order valence-corrected chi connectivity index (χ4v) is 4.24. The van der Waals surface area contributed by atoms with Gasteiger partial charge in [0.15, 0.2) is 5.13 Å². The summed E-state index contributed by atoms with van der Waals surface area (Å²) >= 11 is 6.90. The Hall–Kier alpha value is -4.22. The van der Waals surface area contributed by atoms with Gasteiger partial charge in [0.05, 0.1) is 20.4 Å². The minimum absolute atomic E-state index is 0.00604. The summed E-state index contributed by atoms with van der Waals surface area (Å²) in [6, 6.07) is 15.0. The SMILES string of the molecule is O=C(Nc1nc(-c2ccc(F)cc2)c(-c2ccc([N+](=O)[O-])cc2)s1)c1ccc(Cl)c([N+](=O)[O-])c1. The summed E-state index contributed by atoms with van der Waals surface area (Å²) in [6.07, 6.45) is 0. The molecule has 1 N–H and O–H groups in total. The number of anilines is 1. The molecule has 0 saturated heterocycles. The van der Waals surface area contributed by atoms with Gasteiger partial charge in [0, 0.05) is 29.3 Å². The van der Waals surface area contributed by atoms with Crippen molar-refractivity contribution < 1.29 is 19.0 Å². The van der Waals surface area contributed by atoms with Gasteiger partial charge in [-0.15, -0.1) is 0 Å². The van der Waals surface area contributed by atoms with Crippen molar-refractivity contribution in [1.29, 1.82) is 0 Å². The zero-order valence-electron chi connectivity index (χ0n) is 16.9. The molecule has 1 heterocycles. The molecule has 3 aromatic carbocycles. The van der Waals surface area contributed by atoms with Gasteiger partial charge in [0.1, 0.15) is 10.8 Å². The predicted molar refractivity (Wildman–Crippen MR) is 126 cm³/mol. The van der Waals surface area contributed by atoms with Crippen LogP contribution in [0.25, 0.3) is 21.7 Å². The van der Waals surface area contributed by atoms with Crippen molar-refractivity contribution in [1.82, 2.24) is 4.98 Å². The van der Waals surface area contributed by atoms with E-state index in [4.69, 9.17) is 11.6 Å². The fourth-order valence-electron chi connectivity index (χ4n) is 3.07. The molecule has 0 atom stereocenters. The molecule has 0 aliphatic heterocycles. The number of nitrogens with one attached hydrogen (secondary N) is 1. The molecule has 0 radical (unpaired) electrons. The van der Waals surface area contributed by atoms with Crippen LogP contribution < -0.4 is 5.32 Å². The van der Waals surface area contributed by atoms with E-state index < -0.39 is 27.3 Å². The first-order chi connectivity index (χ1) is 16.2. The molecular weight excluding hydrogens is 487 g/mol. The van der Waals surface area contributed by atoms with Crippen LogP contribution in [0.4, 0.5) is 20.9 Å². The van der Waals surface area contributed by atoms with Crippen LogP contribution in [0.2, 0.25) is 5.02 Å². The first-order valence-electron chi connectivity index (χ1n) is 9.50. The second-order valence-electron chi connectivity index (χ2n) is 6.89. The zero-order valence-corrected chi connectivity index (χ0v) is 18.5. The molecule has 34 heavy (non-hydrogen) atoms. The number of carbonyl (C=O) groups excluding carboxylic acids is 1. The first-order valence-corrected chi connectivity index (χ1v) is 10.7. The first kappa shape index (κ1) is 23.0. The van der Waals surface area contributed by atoms with Crippen LogP contribution in [0.3, 0.4) is 0 Å². The van der Waals surface area contributed by atoms with E-state index in [-0.39, 0.29) is 21.4 Å². The lowest BCUT2D eigenvalue weighted by molar-refractivity contribution is -0.385. The van der Waals surface area contributed by atoms with Gasteiger partial charge in [-0.05, 0) is 54.1 Å². The lowest BCUT2D eigenvalue weighted by Gasteiger charge is -2.03. The second-order valence-corrected chi connectivity index (χ2v) is 8.29. The highest BCUT2D eigenvalue weighted by atomic mass is 35.5. The predicted octanol–water partition coefficient (Wildman–Crippen LogP) is 6.34. The van der Waals surface area contributed by atoms with Gasteiger partial charge in [-0.25, -0.2) is 9.37 Å². The van der Waals surface area contributed by atoms with Gasteiger partial charge < -0.3 is 0 Å². The van der Waals surface area contributed by atoms with Crippen LogP contribution in [0.15, 0.2) is 66.7 Å². The highest BCUT2D eigenvalue weighted by molar-refractivity contribution is 7.19. The van der Waals surface area contributed by atoms with Crippen molar-refractivity contribution in [2.24, 2.45) is 0 Å². The number of amides is 1. The number of benzene rings is 3. The minimum atomic E-state index is -0.693. The number of non-ortho nitro benzene ring substituents is 1. The van der Waals surface area contributed by atoms with Gasteiger partial charge in [-0.3, -0.25) is 30.3 Å². The van der Waals surface area contributed by atoms with E-state index in [0.29, 0.717) is 21.7 Å². The smallest absolute Gasteiger partial charge is 0.288 e. The topological polar surface area (TPSA) is 128 Å². The average molecular weight is 499 g/mol. The van der Waals surface area contributed by atoms with E-state index in [0.717, 1.165) is 17.4 Å². The Morgan fingerprint density at radius 1 is 0.941 bits per heavy atom. The van der Waals surface area contributed by atoms with Crippen LogP contribution >= 0.6 is 22.9 Å². The quantitative estimate of drug-likeness (QED) is 0.244. The Kier molecular flexibility index (Phi) is 6.30. The molecule has 0 bridgehead atoms. The summed E-state index contributed by atoms with van der Waals surface area (Å²) in [4.78, 5) is 38.6. The number of halogens is 2. The molecular formula is C22H12ClFN4O5S. The summed E-state index contributed by atoms with van der Waals surface area (Å²) in [7, 11) is 0. The minimum Gasteiger partial charge on any atom is -0.298 e. The summed E-state index contributed by atoms with van der Waals surface area (Å²) in [5.41, 5.74) is 1.10. The average Bonchev–Trinajstić information content (AvgIpc) is 3.23. The number of nitro groups is 2. The summed E-state index contributed by atoms with van der Waals surface area (Å²) in [6.45, 7) is 0. The largest absolute Gasteiger partial charge is 0.298 e. The maximum Gasteiger partial charge on any atom is 0.288 e. The molecule has 0 fully saturated rings. The third-order valence-electron chi connectivity index (χ3n) is 4.71. The molecule has 4 aromatic rings. The summed E-state index contributed by atoms with van der Waals surface area (Å²) < 4.78 is 13.4. The Morgan fingerprint density at radius 2 is 1.59 bits per heavy atom. The van der Waals surface area contributed by atoms with Crippen LogP contribution in [0, 0.1) is 26.0 Å². The second kappa shape index (κ2) is 9.33. The molecule has 4 rings (SSSR count). The number of nitro benzene ring substituents is 2.